The summed E-state index contributed by atoms with van der Waals surface area (Å²) in [5.41, 5.74) is 0.297. The molecule has 1 saturated carbocycles. The van der Waals surface area contributed by atoms with E-state index < -0.39 is 11.9 Å². The SMILES string of the molecule is CC(Oc1ccccc1F)C(=O)N1CCC2(CCC(O)CC2)CC1. The van der Waals surface area contributed by atoms with Crippen molar-refractivity contribution >= 4 is 5.91 Å². The lowest BCUT2D eigenvalue weighted by Gasteiger charge is -2.45. The number of piperidine rings is 1. The second kappa shape index (κ2) is 7.09. The smallest absolute Gasteiger partial charge is 0.263 e. The Kier molecular flexibility index (Phi) is 5.09. The first-order valence-electron chi connectivity index (χ1n) is 8.87. The maximum absolute atomic E-state index is 13.7. The minimum atomic E-state index is -0.691. The van der Waals surface area contributed by atoms with Crippen LogP contribution in [0.2, 0.25) is 0 Å². The van der Waals surface area contributed by atoms with Gasteiger partial charge in [-0.1, -0.05) is 12.1 Å². The Morgan fingerprint density at radius 2 is 1.88 bits per heavy atom. The molecule has 1 aromatic rings. The fourth-order valence-electron chi connectivity index (χ4n) is 3.95. The summed E-state index contributed by atoms with van der Waals surface area (Å²) in [7, 11) is 0. The van der Waals surface area contributed by atoms with Crippen molar-refractivity contribution in [1.29, 1.82) is 0 Å². The summed E-state index contributed by atoms with van der Waals surface area (Å²) in [5, 5.41) is 9.69. The van der Waals surface area contributed by atoms with Crippen LogP contribution >= 0.6 is 0 Å². The van der Waals surface area contributed by atoms with Crippen molar-refractivity contribution in [3.05, 3.63) is 30.1 Å². The molecule has 0 radical (unpaired) electrons. The summed E-state index contributed by atoms with van der Waals surface area (Å²) in [6.07, 6.45) is 4.99. The van der Waals surface area contributed by atoms with Gasteiger partial charge >= 0.3 is 0 Å². The average Bonchev–Trinajstić information content (AvgIpc) is 2.60. The first-order valence-corrected chi connectivity index (χ1v) is 8.87. The van der Waals surface area contributed by atoms with Crippen LogP contribution in [-0.2, 0) is 4.79 Å². The van der Waals surface area contributed by atoms with Gasteiger partial charge in [-0.3, -0.25) is 4.79 Å². The Morgan fingerprint density at radius 3 is 2.50 bits per heavy atom. The zero-order chi connectivity index (χ0) is 17.2. The van der Waals surface area contributed by atoms with Gasteiger partial charge in [-0.05, 0) is 63.0 Å². The van der Waals surface area contributed by atoms with Crippen molar-refractivity contribution < 1.29 is 19.0 Å². The van der Waals surface area contributed by atoms with Crippen LogP contribution in [0.4, 0.5) is 4.39 Å². The van der Waals surface area contributed by atoms with E-state index in [0.717, 1.165) is 51.6 Å². The number of aliphatic hydroxyl groups is 1. The highest BCUT2D eigenvalue weighted by Gasteiger charge is 2.39. The fraction of sp³-hybridized carbons (Fsp3) is 0.632. The molecule has 3 rings (SSSR count). The molecule has 1 saturated heterocycles. The van der Waals surface area contributed by atoms with Crippen LogP contribution in [0.3, 0.4) is 0 Å². The van der Waals surface area contributed by atoms with Gasteiger partial charge in [-0.15, -0.1) is 0 Å². The molecule has 1 aromatic carbocycles. The van der Waals surface area contributed by atoms with Gasteiger partial charge in [-0.2, -0.15) is 0 Å². The van der Waals surface area contributed by atoms with Gasteiger partial charge in [0.1, 0.15) is 0 Å². The molecule has 4 nitrogen and oxygen atoms in total. The maximum atomic E-state index is 13.7. The van der Waals surface area contributed by atoms with Gasteiger partial charge in [0.15, 0.2) is 17.7 Å². The summed E-state index contributed by atoms with van der Waals surface area (Å²) in [6.45, 7) is 3.12. The third kappa shape index (κ3) is 3.72. The molecule has 1 aliphatic heterocycles. The molecule has 1 N–H and O–H groups in total. The predicted octanol–water partition coefficient (Wildman–Crippen LogP) is 3.14. The summed E-state index contributed by atoms with van der Waals surface area (Å²) < 4.78 is 19.2. The van der Waals surface area contributed by atoms with Crippen LogP contribution in [0.5, 0.6) is 5.75 Å². The Labute approximate surface area is 142 Å². The number of rotatable bonds is 3. The van der Waals surface area contributed by atoms with Gasteiger partial charge < -0.3 is 14.7 Å². The predicted molar refractivity (Wildman–Crippen MR) is 89.2 cm³/mol. The normalized spacial score (nSPS) is 22.4. The number of likely N-dealkylation sites (tertiary alicyclic amines) is 1. The van der Waals surface area contributed by atoms with E-state index in [9.17, 15) is 14.3 Å². The Bertz CT molecular complexity index is 574. The largest absolute Gasteiger partial charge is 0.478 e. The maximum Gasteiger partial charge on any atom is 0.263 e. The highest BCUT2D eigenvalue weighted by Crippen LogP contribution is 2.44. The van der Waals surface area contributed by atoms with Crippen LogP contribution < -0.4 is 4.74 Å². The summed E-state index contributed by atoms with van der Waals surface area (Å²) in [4.78, 5) is 14.4. The third-order valence-corrected chi connectivity index (χ3v) is 5.64. The van der Waals surface area contributed by atoms with Crippen molar-refractivity contribution in [1.82, 2.24) is 4.90 Å². The third-order valence-electron chi connectivity index (χ3n) is 5.64. The van der Waals surface area contributed by atoms with Crippen LogP contribution in [-0.4, -0.2) is 41.2 Å². The molecule has 1 amide bonds. The molecular formula is C19H26FNO3. The molecule has 5 heteroatoms. The number of benzene rings is 1. The van der Waals surface area contributed by atoms with Gasteiger partial charge in [0.05, 0.1) is 6.10 Å². The minimum absolute atomic E-state index is 0.0797. The summed E-state index contributed by atoms with van der Waals surface area (Å²) >= 11 is 0. The lowest BCUT2D eigenvalue weighted by atomic mass is 9.67. The molecular weight excluding hydrogens is 309 g/mol. The van der Waals surface area contributed by atoms with Crippen LogP contribution in [0.1, 0.15) is 45.4 Å². The first-order chi connectivity index (χ1) is 11.5. The number of ether oxygens (including phenoxy) is 1. The van der Waals surface area contributed by atoms with E-state index >= 15 is 0 Å². The van der Waals surface area contributed by atoms with Crippen molar-refractivity contribution in [2.24, 2.45) is 5.41 Å². The van der Waals surface area contributed by atoms with E-state index in [-0.39, 0.29) is 17.8 Å². The van der Waals surface area contributed by atoms with Crippen molar-refractivity contribution in [3.63, 3.8) is 0 Å². The zero-order valence-corrected chi connectivity index (χ0v) is 14.2. The Hall–Kier alpha value is -1.62. The number of nitrogens with zero attached hydrogens (tertiary/aromatic N) is 1. The Balaban J connectivity index is 1.54. The van der Waals surface area contributed by atoms with E-state index in [1.807, 2.05) is 4.90 Å². The number of carbonyl (C=O) groups excluding carboxylic acids is 1. The number of hydrogen-bond donors (Lipinski definition) is 1. The lowest BCUT2D eigenvalue weighted by molar-refractivity contribution is -0.141. The molecule has 1 heterocycles. The topological polar surface area (TPSA) is 49.8 Å². The van der Waals surface area contributed by atoms with E-state index in [0.29, 0.717) is 5.41 Å². The highest BCUT2D eigenvalue weighted by atomic mass is 19.1. The van der Waals surface area contributed by atoms with Gasteiger partial charge in [0.25, 0.3) is 5.91 Å². The Morgan fingerprint density at radius 1 is 1.25 bits per heavy atom. The summed E-state index contributed by atoms with van der Waals surface area (Å²) in [6, 6.07) is 6.16. The number of amides is 1. The van der Waals surface area contributed by atoms with Crippen LogP contribution in [0, 0.1) is 11.2 Å². The second-order valence-electron chi connectivity index (χ2n) is 7.25. The fourth-order valence-corrected chi connectivity index (χ4v) is 3.95. The van der Waals surface area contributed by atoms with Crippen LogP contribution in [0.25, 0.3) is 0 Å². The molecule has 24 heavy (non-hydrogen) atoms. The highest BCUT2D eigenvalue weighted by molar-refractivity contribution is 5.81. The monoisotopic (exact) mass is 335 g/mol. The van der Waals surface area contributed by atoms with Crippen LogP contribution in [0.15, 0.2) is 24.3 Å². The van der Waals surface area contributed by atoms with Gasteiger partial charge in [0.2, 0.25) is 0 Å². The molecule has 2 fully saturated rings. The van der Waals surface area contributed by atoms with Crippen molar-refractivity contribution in [3.8, 4) is 5.75 Å². The molecule has 0 aromatic heterocycles. The average molecular weight is 335 g/mol. The van der Waals surface area contributed by atoms with Gasteiger partial charge in [-0.25, -0.2) is 4.39 Å². The number of aliphatic hydroxyl groups excluding tert-OH is 1. The van der Waals surface area contributed by atoms with E-state index in [1.165, 1.54) is 12.1 Å². The number of halogens is 1. The van der Waals surface area contributed by atoms with E-state index in [2.05, 4.69) is 0 Å². The van der Waals surface area contributed by atoms with Gasteiger partial charge in [0, 0.05) is 13.1 Å². The number of carbonyl (C=O) groups is 1. The number of para-hydroxylation sites is 1. The quantitative estimate of drug-likeness (QED) is 0.923. The van der Waals surface area contributed by atoms with E-state index in [4.69, 9.17) is 4.74 Å². The molecule has 0 bridgehead atoms. The zero-order valence-electron chi connectivity index (χ0n) is 14.2. The molecule has 132 valence electrons. The van der Waals surface area contributed by atoms with E-state index in [1.54, 1.807) is 19.1 Å². The summed E-state index contributed by atoms with van der Waals surface area (Å²) in [5.74, 6) is -0.410. The number of hydrogen-bond acceptors (Lipinski definition) is 3. The minimum Gasteiger partial charge on any atom is -0.478 e. The molecule has 1 spiro atoms. The molecule has 1 unspecified atom stereocenters. The second-order valence-corrected chi connectivity index (χ2v) is 7.25. The molecule has 1 atom stereocenters. The lowest BCUT2D eigenvalue weighted by Crippen LogP contribution is -2.48. The molecule has 2 aliphatic rings. The van der Waals surface area contributed by atoms with Crippen molar-refractivity contribution in [2.75, 3.05) is 13.1 Å². The molecule has 1 aliphatic carbocycles. The standard InChI is InChI=1S/C19H26FNO3/c1-14(24-17-5-3-2-4-16(17)20)18(23)21-12-10-19(11-13-21)8-6-15(22)7-9-19/h2-5,14-15,22H,6-13H2,1H3. The first kappa shape index (κ1) is 17.2. The van der Waals surface area contributed by atoms with Crippen molar-refractivity contribution in [2.45, 2.75) is 57.7 Å².